The molecule has 60 heavy (non-hydrogen) atoms. The summed E-state index contributed by atoms with van der Waals surface area (Å²) in [5, 5.41) is 40.2. The Morgan fingerprint density at radius 2 is 0.883 bits per heavy atom. The van der Waals surface area contributed by atoms with Crippen LogP contribution in [0.15, 0.2) is 12.2 Å². The monoisotopic (exact) mass is 855 g/mol. The van der Waals surface area contributed by atoms with Crippen molar-refractivity contribution in [3.63, 3.8) is 0 Å². The molecule has 1 heterocycles. The van der Waals surface area contributed by atoms with Crippen molar-refractivity contribution in [2.45, 2.75) is 275 Å². The largest absolute Gasteiger partial charge is 0.462 e. The lowest BCUT2D eigenvalue weighted by atomic mass is 9.99. The first-order valence-corrected chi connectivity index (χ1v) is 25.3. The van der Waals surface area contributed by atoms with Gasteiger partial charge >= 0.3 is 11.9 Å². The van der Waals surface area contributed by atoms with Crippen LogP contribution >= 0.6 is 0 Å². The molecule has 0 saturated carbocycles. The van der Waals surface area contributed by atoms with Crippen molar-refractivity contribution in [2.75, 3.05) is 19.8 Å². The summed E-state index contributed by atoms with van der Waals surface area (Å²) < 4.78 is 22.2. The second-order valence-electron chi connectivity index (χ2n) is 17.6. The van der Waals surface area contributed by atoms with Crippen LogP contribution in [0.4, 0.5) is 0 Å². The molecule has 2 unspecified atom stereocenters. The third kappa shape index (κ3) is 32.2. The van der Waals surface area contributed by atoms with Gasteiger partial charge in [0.2, 0.25) is 0 Å². The van der Waals surface area contributed by atoms with E-state index in [0.717, 1.165) is 38.5 Å². The predicted molar refractivity (Wildman–Crippen MR) is 243 cm³/mol. The zero-order valence-corrected chi connectivity index (χ0v) is 38.7. The van der Waals surface area contributed by atoms with Gasteiger partial charge in [-0.15, -0.1) is 0 Å². The van der Waals surface area contributed by atoms with E-state index in [1.807, 2.05) is 0 Å². The highest BCUT2D eigenvalue weighted by Crippen LogP contribution is 2.23. The fourth-order valence-electron chi connectivity index (χ4n) is 7.89. The van der Waals surface area contributed by atoms with Gasteiger partial charge in [0.1, 0.15) is 31.0 Å². The molecular weight excluding hydrogens is 761 g/mol. The van der Waals surface area contributed by atoms with E-state index in [1.165, 1.54) is 167 Å². The van der Waals surface area contributed by atoms with Gasteiger partial charge in [-0.1, -0.05) is 199 Å². The molecule has 0 bridgehead atoms. The molecule has 1 aliphatic rings. The molecule has 1 saturated heterocycles. The number of allylic oxidation sites excluding steroid dienone is 2. The molecule has 0 aromatic heterocycles. The molecule has 0 aromatic rings. The minimum absolute atomic E-state index is 0.212. The number of unbranched alkanes of at least 4 members (excludes halogenated alkanes) is 30. The number of aliphatic hydroxyl groups excluding tert-OH is 4. The lowest BCUT2D eigenvalue weighted by Gasteiger charge is -2.39. The van der Waals surface area contributed by atoms with Gasteiger partial charge in [0.05, 0.1) is 13.2 Å². The summed E-state index contributed by atoms with van der Waals surface area (Å²) >= 11 is 0. The van der Waals surface area contributed by atoms with Gasteiger partial charge in [0, 0.05) is 12.8 Å². The van der Waals surface area contributed by atoms with Crippen LogP contribution in [0.5, 0.6) is 0 Å². The maximum Gasteiger partial charge on any atom is 0.306 e. The van der Waals surface area contributed by atoms with E-state index < -0.39 is 49.4 Å². The Bertz CT molecular complexity index is 990. The molecule has 6 atom stereocenters. The summed E-state index contributed by atoms with van der Waals surface area (Å²) in [5.41, 5.74) is 0. The van der Waals surface area contributed by atoms with Crippen LogP contribution in [0.25, 0.3) is 0 Å². The van der Waals surface area contributed by atoms with E-state index in [2.05, 4.69) is 26.0 Å². The maximum absolute atomic E-state index is 12.8. The van der Waals surface area contributed by atoms with Crippen molar-refractivity contribution in [3.05, 3.63) is 12.2 Å². The van der Waals surface area contributed by atoms with E-state index in [1.54, 1.807) is 0 Å². The summed E-state index contributed by atoms with van der Waals surface area (Å²) in [6.45, 7) is 3.46. The average Bonchev–Trinajstić information content (AvgIpc) is 3.25. The number of ether oxygens (including phenoxy) is 4. The van der Waals surface area contributed by atoms with E-state index in [-0.39, 0.29) is 32.0 Å². The van der Waals surface area contributed by atoms with Crippen LogP contribution in [0.1, 0.15) is 239 Å². The number of hydrogen-bond acceptors (Lipinski definition) is 10. The first-order valence-electron chi connectivity index (χ1n) is 25.3. The Morgan fingerprint density at radius 1 is 0.500 bits per heavy atom. The fourth-order valence-corrected chi connectivity index (χ4v) is 7.89. The van der Waals surface area contributed by atoms with Crippen molar-refractivity contribution < 1.29 is 49.0 Å². The fraction of sp³-hybridized carbons (Fsp3) is 0.920. The van der Waals surface area contributed by atoms with Crippen LogP contribution in [-0.2, 0) is 28.5 Å². The van der Waals surface area contributed by atoms with Gasteiger partial charge in [-0.25, -0.2) is 0 Å². The summed E-state index contributed by atoms with van der Waals surface area (Å²) in [7, 11) is 0. The Labute approximate surface area is 367 Å². The Kier molecular flexibility index (Phi) is 39.0. The lowest BCUT2D eigenvalue weighted by Crippen LogP contribution is -2.59. The van der Waals surface area contributed by atoms with Crippen LogP contribution < -0.4 is 0 Å². The van der Waals surface area contributed by atoms with Crippen molar-refractivity contribution in [3.8, 4) is 0 Å². The van der Waals surface area contributed by atoms with Crippen LogP contribution in [-0.4, -0.2) is 89.0 Å². The molecule has 10 nitrogen and oxygen atoms in total. The highest BCUT2D eigenvalue weighted by Gasteiger charge is 2.44. The van der Waals surface area contributed by atoms with Crippen molar-refractivity contribution in [1.82, 2.24) is 0 Å². The molecular formula is C50H94O10. The molecule has 4 N–H and O–H groups in total. The first-order chi connectivity index (χ1) is 29.3. The van der Waals surface area contributed by atoms with Gasteiger partial charge in [-0.3, -0.25) is 9.59 Å². The summed E-state index contributed by atoms with van der Waals surface area (Å²) in [6.07, 6.45) is 37.9. The number of hydrogen-bond donors (Lipinski definition) is 4. The minimum Gasteiger partial charge on any atom is -0.462 e. The van der Waals surface area contributed by atoms with E-state index >= 15 is 0 Å². The number of aliphatic hydroxyl groups is 4. The Balaban J connectivity index is 2.26. The molecule has 0 aromatic carbocycles. The maximum atomic E-state index is 12.8. The normalized spacial score (nSPS) is 19.9. The average molecular weight is 855 g/mol. The van der Waals surface area contributed by atoms with Gasteiger partial charge in [-0.05, 0) is 38.5 Å². The molecule has 1 rings (SSSR count). The lowest BCUT2D eigenvalue weighted by molar-refractivity contribution is -0.305. The first kappa shape index (κ1) is 56.5. The molecule has 10 heteroatoms. The van der Waals surface area contributed by atoms with E-state index in [0.29, 0.717) is 6.42 Å². The number of rotatable bonds is 43. The predicted octanol–water partition coefficient (Wildman–Crippen LogP) is 11.5. The Morgan fingerprint density at radius 3 is 1.30 bits per heavy atom. The second kappa shape index (κ2) is 41.5. The summed E-state index contributed by atoms with van der Waals surface area (Å²) in [6, 6.07) is 0. The zero-order chi connectivity index (χ0) is 43.7. The zero-order valence-electron chi connectivity index (χ0n) is 38.7. The SMILES string of the molecule is CCCCCCCC/C=C/CCCCCCCCCCCC(=O)OC[C@@H](CO[C@H]1O[C@@H](CO)[C@@H](O)C(O)C1O)OC(=O)CCCCCCCCCCCCCCCCCC. The smallest absolute Gasteiger partial charge is 0.306 e. The van der Waals surface area contributed by atoms with Crippen molar-refractivity contribution in [1.29, 1.82) is 0 Å². The number of carbonyl (C=O) groups is 2. The molecule has 0 aliphatic carbocycles. The number of esters is 2. The molecule has 1 fully saturated rings. The van der Waals surface area contributed by atoms with Crippen molar-refractivity contribution >= 4 is 11.9 Å². The molecule has 354 valence electrons. The highest BCUT2D eigenvalue weighted by atomic mass is 16.7. The number of carbonyl (C=O) groups excluding carboxylic acids is 2. The third-order valence-corrected chi connectivity index (χ3v) is 11.9. The van der Waals surface area contributed by atoms with Gasteiger partial charge in [0.15, 0.2) is 12.4 Å². The topological polar surface area (TPSA) is 152 Å². The van der Waals surface area contributed by atoms with E-state index in [9.17, 15) is 30.0 Å². The van der Waals surface area contributed by atoms with Gasteiger partial charge in [-0.2, -0.15) is 0 Å². The molecule has 0 radical (unpaired) electrons. The highest BCUT2D eigenvalue weighted by molar-refractivity contribution is 5.70. The van der Waals surface area contributed by atoms with Crippen molar-refractivity contribution in [2.24, 2.45) is 0 Å². The van der Waals surface area contributed by atoms with E-state index in [4.69, 9.17) is 18.9 Å². The van der Waals surface area contributed by atoms with Crippen LogP contribution in [0.2, 0.25) is 0 Å². The molecule has 1 aliphatic heterocycles. The van der Waals surface area contributed by atoms with Gasteiger partial charge in [0.25, 0.3) is 0 Å². The quantitative estimate of drug-likeness (QED) is 0.0265. The standard InChI is InChI=1S/C50H94O10/c1-3-5-7-9-11-13-15-17-19-21-22-23-25-26-28-30-32-34-36-38-45(52)57-41-43(42-58-50-49(56)48(55)47(54)44(40-51)60-50)59-46(53)39-37-35-33-31-29-27-24-20-18-16-14-12-10-8-6-4-2/h17,19,43-44,47-51,54-56H,3-16,18,20-42H2,1-2H3/b19-17+/t43-,44-,47+,48?,49?,50-/m0/s1. The third-order valence-electron chi connectivity index (χ3n) is 11.9. The van der Waals surface area contributed by atoms with Gasteiger partial charge < -0.3 is 39.4 Å². The summed E-state index contributed by atoms with van der Waals surface area (Å²) in [4.78, 5) is 25.4. The Hall–Kier alpha value is -1.56. The minimum atomic E-state index is -1.59. The van der Waals surface area contributed by atoms with Crippen LogP contribution in [0.3, 0.4) is 0 Å². The summed E-state index contributed by atoms with van der Waals surface area (Å²) in [5.74, 6) is -0.794. The molecule has 0 spiro atoms. The van der Waals surface area contributed by atoms with Crippen LogP contribution in [0, 0.1) is 0 Å². The second-order valence-corrected chi connectivity index (χ2v) is 17.6. The molecule has 0 amide bonds.